The molecule has 1 rings (SSSR count). The normalized spacial score (nSPS) is 12.5. The molecule has 1 aromatic carbocycles. The van der Waals surface area contributed by atoms with Crippen LogP contribution in [0.1, 0.15) is 26.2 Å². The van der Waals surface area contributed by atoms with Crippen molar-refractivity contribution < 1.29 is 22.3 Å². The van der Waals surface area contributed by atoms with E-state index in [1.54, 1.807) is 0 Å². The van der Waals surface area contributed by atoms with E-state index in [0.29, 0.717) is 6.42 Å². The fourth-order valence-corrected chi connectivity index (χ4v) is 1.73. The van der Waals surface area contributed by atoms with Gasteiger partial charge in [-0.1, -0.05) is 6.92 Å². The summed E-state index contributed by atoms with van der Waals surface area (Å²) in [5.74, 6) is -6.92. The van der Waals surface area contributed by atoms with E-state index in [-0.39, 0.29) is 18.7 Å². The Bertz CT molecular complexity index is 395. The summed E-state index contributed by atoms with van der Waals surface area (Å²) < 4.78 is 57.1. The molecule has 108 valence electrons. The van der Waals surface area contributed by atoms with E-state index < -0.39 is 29.0 Å². The number of hydrogen-bond acceptors (Lipinski definition) is 2. The van der Waals surface area contributed by atoms with E-state index in [9.17, 15) is 17.6 Å². The molecule has 2 nitrogen and oxygen atoms in total. The molecule has 0 aliphatic rings. The van der Waals surface area contributed by atoms with Gasteiger partial charge in [-0.15, -0.1) is 0 Å². The van der Waals surface area contributed by atoms with E-state index >= 15 is 0 Å². The first kappa shape index (κ1) is 15.8. The molecule has 0 aromatic heterocycles. The topological polar surface area (TPSA) is 21.3 Å². The molecule has 1 atom stereocenters. The summed E-state index contributed by atoms with van der Waals surface area (Å²) in [7, 11) is 1.82. The SMILES string of the molecule is CCC(CCCOc1c(F)c(F)cc(F)c1F)NC. The lowest BCUT2D eigenvalue weighted by Crippen LogP contribution is -2.24. The molecule has 1 N–H and O–H groups in total. The summed E-state index contributed by atoms with van der Waals surface area (Å²) in [6, 6.07) is 0.439. The Labute approximate surface area is 109 Å². The summed E-state index contributed by atoms with van der Waals surface area (Å²) in [6.07, 6.45) is 2.18. The highest BCUT2D eigenvalue weighted by Gasteiger charge is 2.20. The van der Waals surface area contributed by atoms with E-state index in [1.807, 2.05) is 14.0 Å². The highest BCUT2D eigenvalue weighted by atomic mass is 19.2. The molecule has 0 spiro atoms. The van der Waals surface area contributed by atoms with Crippen molar-refractivity contribution in [3.63, 3.8) is 0 Å². The highest BCUT2D eigenvalue weighted by Crippen LogP contribution is 2.26. The number of ether oxygens (including phenoxy) is 1. The van der Waals surface area contributed by atoms with Crippen LogP contribution in [0, 0.1) is 23.3 Å². The minimum absolute atomic E-state index is 0.00505. The second-order valence-electron chi connectivity index (χ2n) is 4.18. The van der Waals surface area contributed by atoms with Crippen LogP contribution in [-0.4, -0.2) is 19.7 Å². The zero-order valence-corrected chi connectivity index (χ0v) is 10.9. The lowest BCUT2D eigenvalue weighted by atomic mass is 10.1. The highest BCUT2D eigenvalue weighted by molar-refractivity contribution is 5.28. The van der Waals surface area contributed by atoms with Gasteiger partial charge in [-0.05, 0) is 26.3 Å². The van der Waals surface area contributed by atoms with Crippen LogP contribution in [0.15, 0.2) is 6.07 Å². The number of nitrogens with one attached hydrogen (secondary N) is 1. The summed E-state index contributed by atoms with van der Waals surface area (Å²) >= 11 is 0. The Morgan fingerprint density at radius 2 is 1.74 bits per heavy atom. The predicted octanol–water partition coefficient (Wildman–Crippen LogP) is 3.40. The average molecular weight is 279 g/mol. The van der Waals surface area contributed by atoms with Crippen molar-refractivity contribution in [1.29, 1.82) is 0 Å². The second-order valence-corrected chi connectivity index (χ2v) is 4.18. The Morgan fingerprint density at radius 1 is 1.16 bits per heavy atom. The summed E-state index contributed by atoms with van der Waals surface area (Å²) in [5.41, 5.74) is 0. The van der Waals surface area contributed by atoms with Gasteiger partial charge >= 0.3 is 0 Å². The zero-order valence-electron chi connectivity index (χ0n) is 10.9. The first-order valence-corrected chi connectivity index (χ1v) is 6.14. The fraction of sp³-hybridized carbons (Fsp3) is 0.538. The number of benzene rings is 1. The lowest BCUT2D eigenvalue weighted by Gasteiger charge is -2.14. The third-order valence-electron chi connectivity index (χ3n) is 2.92. The first-order chi connectivity index (χ1) is 9.01. The number of halogens is 4. The van der Waals surface area contributed by atoms with Gasteiger partial charge in [-0.2, -0.15) is 8.78 Å². The molecular weight excluding hydrogens is 262 g/mol. The van der Waals surface area contributed by atoms with Gasteiger partial charge in [0.1, 0.15) is 0 Å². The van der Waals surface area contributed by atoms with Gasteiger partial charge in [0.2, 0.25) is 11.6 Å². The first-order valence-electron chi connectivity index (χ1n) is 6.14. The zero-order chi connectivity index (χ0) is 14.4. The van der Waals surface area contributed by atoms with E-state index in [1.165, 1.54) is 0 Å². The molecule has 0 aliphatic carbocycles. The van der Waals surface area contributed by atoms with Crippen LogP contribution < -0.4 is 10.1 Å². The van der Waals surface area contributed by atoms with Crippen molar-refractivity contribution >= 4 is 0 Å². The molecule has 0 fully saturated rings. The molecule has 1 unspecified atom stereocenters. The van der Waals surface area contributed by atoms with Gasteiger partial charge in [-0.25, -0.2) is 8.78 Å². The standard InChI is InChI=1S/C13H17F4NO/c1-3-8(18-2)5-4-6-19-13-11(16)9(14)7-10(15)12(13)17/h7-8,18H,3-6H2,1-2H3. The van der Waals surface area contributed by atoms with Crippen LogP contribution in [0.25, 0.3) is 0 Å². The van der Waals surface area contributed by atoms with Crippen molar-refractivity contribution in [3.05, 3.63) is 29.3 Å². The second kappa shape index (κ2) is 7.33. The Hall–Kier alpha value is -1.30. The maximum Gasteiger partial charge on any atom is 0.203 e. The smallest absolute Gasteiger partial charge is 0.203 e. The van der Waals surface area contributed by atoms with Crippen molar-refractivity contribution in [2.75, 3.05) is 13.7 Å². The molecule has 0 saturated heterocycles. The lowest BCUT2D eigenvalue weighted by molar-refractivity contribution is 0.259. The molecule has 0 amide bonds. The van der Waals surface area contributed by atoms with E-state index in [0.717, 1.165) is 12.8 Å². The molecule has 0 saturated carbocycles. The minimum Gasteiger partial charge on any atom is -0.487 e. The molecular formula is C13H17F4NO. The molecule has 19 heavy (non-hydrogen) atoms. The third kappa shape index (κ3) is 4.09. The van der Waals surface area contributed by atoms with Crippen LogP contribution in [0.3, 0.4) is 0 Å². The number of rotatable bonds is 7. The maximum absolute atomic E-state index is 13.2. The van der Waals surface area contributed by atoms with Crippen LogP contribution in [0.5, 0.6) is 5.75 Å². The van der Waals surface area contributed by atoms with E-state index in [4.69, 9.17) is 4.74 Å². The largest absolute Gasteiger partial charge is 0.487 e. The molecule has 0 heterocycles. The molecule has 6 heteroatoms. The van der Waals surface area contributed by atoms with Gasteiger partial charge in [0.05, 0.1) is 6.61 Å². The van der Waals surface area contributed by atoms with Crippen molar-refractivity contribution in [1.82, 2.24) is 5.32 Å². The van der Waals surface area contributed by atoms with Gasteiger partial charge in [0.15, 0.2) is 17.4 Å². The fourth-order valence-electron chi connectivity index (χ4n) is 1.73. The Balaban J connectivity index is 2.59. The van der Waals surface area contributed by atoms with Crippen LogP contribution in [0.4, 0.5) is 17.6 Å². The van der Waals surface area contributed by atoms with Gasteiger partial charge in [0, 0.05) is 12.1 Å². The van der Waals surface area contributed by atoms with Gasteiger partial charge in [0.25, 0.3) is 0 Å². The molecule has 0 radical (unpaired) electrons. The molecule has 0 bridgehead atoms. The van der Waals surface area contributed by atoms with Crippen molar-refractivity contribution in [3.8, 4) is 5.75 Å². The van der Waals surface area contributed by atoms with Crippen LogP contribution in [0.2, 0.25) is 0 Å². The summed E-state index contributed by atoms with van der Waals surface area (Å²) in [5, 5.41) is 3.07. The Morgan fingerprint density at radius 3 is 2.21 bits per heavy atom. The average Bonchev–Trinajstić information content (AvgIpc) is 2.40. The van der Waals surface area contributed by atoms with Crippen LogP contribution in [-0.2, 0) is 0 Å². The quantitative estimate of drug-likeness (QED) is 0.469. The minimum atomic E-state index is -1.50. The Kier molecular flexibility index (Phi) is 6.08. The van der Waals surface area contributed by atoms with Gasteiger partial charge in [-0.3, -0.25) is 0 Å². The van der Waals surface area contributed by atoms with Gasteiger partial charge < -0.3 is 10.1 Å². The molecule has 0 aliphatic heterocycles. The maximum atomic E-state index is 13.2. The summed E-state index contributed by atoms with van der Waals surface area (Å²) in [4.78, 5) is 0. The molecule has 1 aromatic rings. The predicted molar refractivity (Wildman–Crippen MR) is 64.1 cm³/mol. The van der Waals surface area contributed by atoms with Crippen molar-refractivity contribution in [2.24, 2.45) is 0 Å². The van der Waals surface area contributed by atoms with E-state index in [2.05, 4.69) is 5.32 Å². The van der Waals surface area contributed by atoms with Crippen LogP contribution >= 0.6 is 0 Å². The number of hydrogen-bond donors (Lipinski definition) is 1. The summed E-state index contributed by atoms with van der Waals surface area (Å²) in [6.45, 7) is 2.00. The third-order valence-corrected chi connectivity index (χ3v) is 2.92. The monoisotopic (exact) mass is 279 g/mol. The van der Waals surface area contributed by atoms with Crippen molar-refractivity contribution in [2.45, 2.75) is 32.2 Å².